The first-order chi connectivity index (χ1) is 22.9. The molecule has 3 aliphatic rings. The Kier molecular flexibility index (Phi) is 9.75. The maximum Gasteiger partial charge on any atom is 0.412 e. The standard InChI is InChI=1S/C32H32N2O13/c1-39-30-29(47-32(38)34-20-9-11-22-24(14-20)43-17-41-22)28(46-31(37)33-19-8-10-21-23(13-19)42-16-40-21)27(25(15-35)44-30)45-26(36)12-7-18-5-3-2-4-6-18/h2-6,8-11,13-14,25,27-30,35H,7,12,15-17H2,1H3,(H,33,37)(H,34,38)/t25-,27-,28+,29-,30+/m1/s1. The first-order valence-corrected chi connectivity index (χ1v) is 14.7. The third-order valence-corrected chi connectivity index (χ3v) is 7.46. The average molecular weight is 653 g/mol. The van der Waals surface area contributed by atoms with Gasteiger partial charge in [0.05, 0.1) is 6.61 Å². The first-order valence-electron chi connectivity index (χ1n) is 14.7. The summed E-state index contributed by atoms with van der Waals surface area (Å²) in [6, 6.07) is 18.7. The molecule has 0 radical (unpaired) electrons. The highest BCUT2D eigenvalue weighted by Gasteiger charge is 2.52. The lowest BCUT2D eigenvalue weighted by Gasteiger charge is -2.43. The number of aliphatic hydroxyl groups is 1. The SMILES string of the molecule is CO[C@H]1O[C@H](CO)[C@@H](OC(=O)CCc2ccccc2)[C@H](OC(=O)Nc2ccc3c(c2)OCO3)[C@H]1OC(=O)Nc1ccc2c(c1)OCO2. The number of fused-ring (bicyclic) bond motifs is 2. The number of anilines is 2. The molecule has 1 saturated heterocycles. The molecule has 6 rings (SSSR count). The molecule has 2 amide bonds. The molecule has 3 N–H and O–H groups in total. The van der Waals surface area contributed by atoms with Gasteiger partial charge >= 0.3 is 18.2 Å². The van der Waals surface area contributed by atoms with Crippen LogP contribution in [0.15, 0.2) is 66.7 Å². The molecule has 0 bridgehead atoms. The Morgan fingerprint density at radius 1 is 0.745 bits per heavy atom. The van der Waals surface area contributed by atoms with Gasteiger partial charge in [0.25, 0.3) is 0 Å². The fraction of sp³-hybridized carbons (Fsp3) is 0.344. The molecule has 3 aromatic rings. The molecule has 0 spiro atoms. The molecule has 0 saturated carbocycles. The van der Waals surface area contributed by atoms with Crippen LogP contribution in [0.5, 0.6) is 23.0 Å². The van der Waals surface area contributed by atoms with Gasteiger partial charge in [0.2, 0.25) is 13.6 Å². The second-order valence-electron chi connectivity index (χ2n) is 10.5. The Hall–Kier alpha value is -5.25. The highest BCUT2D eigenvalue weighted by Crippen LogP contribution is 2.36. The summed E-state index contributed by atoms with van der Waals surface area (Å²) in [5.41, 5.74) is 1.53. The largest absolute Gasteiger partial charge is 0.455 e. The zero-order chi connectivity index (χ0) is 32.8. The van der Waals surface area contributed by atoms with Crippen LogP contribution in [0, 0.1) is 0 Å². The molecule has 1 fully saturated rings. The van der Waals surface area contributed by atoms with Crippen molar-refractivity contribution in [2.45, 2.75) is 43.5 Å². The fourth-order valence-corrected chi connectivity index (χ4v) is 5.21. The summed E-state index contributed by atoms with van der Waals surface area (Å²) in [4.78, 5) is 39.5. The third-order valence-electron chi connectivity index (χ3n) is 7.46. The third kappa shape index (κ3) is 7.60. The first kappa shape index (κ1) is 31.7. The molecule has 0 aliphatic carbocycles. The van der Waals surface area contributed by atoms with Crippen molar-refractivity contribution in [2.75, 3.05) is 37.9 Å². The van der Waals surface area contributed by atoms with E-state index in [1.54, 1.807) is 30.3 Å². The van der Waals surface area contributed by atoms with E-state index in [2.05, 4.69) is 10.6 Å². The lowest BCUT2D eigenvalue weighted by molar-refractivity contribution is -0.294. The molecule has 3 aromatic carbocycles. The number of hydrogen-bond acceptors (Lipinski definition) is 13. The predicted octanol–water partition coefficient (Wildman–Crippen LogP) is 3.59. The van der Waals surface area contributed by atoms with Crippen molar-refractivity contribution in [3.8, 4) is 23.0 Å². The van der Waals surface area contributed by atoms with Crippen LogP contribution in [0.3, 0.4) is 0 Å². The van der Waals surface area contributed by atoms with Gasteiger partial charge in [-0.15, -0.1) is 0 Å². The molecular weight excluding hydrogens is 620 g/mol. The van der Waals surface area contributed by atoms with E-state index in [0.717, 1.165) is 5.56 Å². The number of carbonyl (C=O) groups excluding carboxylic acids is 3. The van der Waals surface area contributed by atoms with Gasteiger partial charge in [-0.1, -0.05) is 30.3 Å². The Bertz CT molecular complexity index is 1590. The minimum Gasteiger partial charge on any atom is -0.455 e. The van der Waals surface area contributed by atoms with Crippen molar-refractivity contribution in [1.82, 2.24) is 0 Å². The number of amides is 2. The number of nitrogens with one attached hydrogen (secondary N) is 2. The van der Waals surface area contributed by atoms with E-state index in [4.69, 9.17) is 42.6 Å². The van der Waals surface area contributed by atoms with Gasteiger partial charge < -0.3 is 47.7 Å². The van der Waals surface area contributed by atoms with Crippen molar-refractivity contribution in [3.63, 3.8) is 0 Å². The second kappa shape index (κ2) is 14.5. The van der Waals surface area contributed by atoms with Gasteiger partial charge in [0.15, 0.2) is 47.6 Å². The Morgan fingerprint density at radius 3 is 1.89 bits per heavy atom. The van der Waals surface area contributed by atoms with Gasteiger partial charge in [0.1, 0.15) is 6.10 Å². The van der Waals surface area contributed by atoms with Crippen molar-refractivity contribution in [3.05, 3.63) is 72.3 Å². The number of aryl methyl sites for hydroxylation is 1. The molecule has 3 heterocycles. The zero-order valence-corrected chi connectivity index (χ0v) is 25.1. The Labute approximate surface area is 268 Å². The number of aliphatic hydroxyl groups excluding tert-OH is 1. The summed E-state index contributed by atoms with van der Waals surface area (Å²) in [7, 11) is 1.28. The van der Waals surface area contributed by atoms with E-state index in [9.17, 15) is 19.5 Å². The van der Waals surface area contributed by atoms with E-state index < -0.39 is 55.5 Å². The van der Waals surface area contributed by atoms with Crippen molar-refractivity contribution in [1.29, 1.82) is 0 Å². The van der Waals surface area contributed by atoms with Crippen LogP contribution in [0.2, 0.25) is 0 Å². The highest BCUT2D eigenvalue weighted by atomic mass is 16.7. The summed E-state index contributed by atoms with van der Waals surface area (Å²) < 4.78 is 49.8. The van der Waals surface area contributed by atoms with Crippen LogP contribution in [-0.2, 0) is 34.9 Å². The van der Waals surface area contributed by atoms with E-state index in [1.165, 1.54) is 13.2 Å². The second-order valence-corrected chi connectivity index (χ2v) is 10.5. The van der Waals surface area contributed by atoms with Gasteiger partial charge in [0, 0.05) is 37.0 Å². The smallest absolute Gasteiger partial charge is 0.412 e. The number of carbonyl (C=O) groups is 3. The summed E-state index contributed by atoms with van der Waals surface area (Å²) in [5, 5.41) is 15.4. The maximum absolute atomic E-state index is 13.3. The normalized spacial score (nSPS) is 22.2. The average Bonchev–Trinajstić information content (AvgIpc) is 3.75. The number of benzene rings is 3. The van der Waals surface area contributed by atoms with Crippen LogP contribution < -0.4 is 29.6 Å². The molecular formula is C32H32N2O13. The summed E-state index contributed by atoms with van der Waals surface area (Å²) in [5.74, 6) is 1.20. The fourth-order valence-electron chi connectivity index (χ4n) is 5.21. The number of esters is 1. The molecule has 3 aliphatic heterocycles. The van der Waals surface area contributed by atoms with Gasteiger partial charge in [-0.25, -0.2) is 9.59 Å². The van der Waals surface area contributed by atoms with Crippen molar-refractivity contribution >= 4 is 29.5 Å². The van der Waals surface area contributed by atoms with E-state index >= 15 is 0 Å². The zero-order valence-electron chi connectivity index (χ0n) is 25.1. The molecule has 15 nitrogen and oxygen atoms in total. The number of hydrogen-bond donors (Lipinski definition) is 3. The minimum atomic E-state index is -1.50. The Morgan fingerprint density at radius 2 is 1.32 bits per heavy atom. The van der Waals surface area contributed by atoms with Crippen LogP contribution in [-0.4, -0.2) is 81.3 Å². The lowest BCUT2D eigenvalue weighted by Crippen LogP contribution is -2.63. The number of rotatable bonds is 10. The van der Waals surface area contributed by atoms with E-state index in [-0.39, 0.29) is 20.0 Å². The highest BCUT2D eigenvalue weighted by molar-refractivity contribution is 5.86. The van der Waals surface area contributed by atoms with Gasteiger partial charge in [-0.3, -0.25) is 15.4 Å². The molecule has 15 heteroatoms. The lowest BCUT2D eigenvalue weighted by atomic mass is 9.98. The van der Waals surface area contributed by atoms with Crippen molar-refractivity contribution in [2.24, 2.45) is 0 Å². The van der Waals surface area contributed by atoms with Crippen molar-refractivity contribution < 1.29 is 62.1 Å². The Balaban J connectivity index is 1.22. The van der Waals surface area contributed by atoms with Crippen LogP contribution in [0.4, 0.5) is 21.0 Å². The summed E-state index contributed by atoms with van der Waals surface area (Å²) in [6.07, 6.45) is -8.53. The molecule has 0 unspecified atom stereocenters. The van der Waals surface area contributed by atoms with Crippen LogP contribution in [0.25, 0.3) is 0 Å². The molecule has 5 atom stereocenters. The van der Waals surface area contributed by atoms with Crippen LogP contribution in [0.1, 0.15) is 12.0 Å². The summed E-state index contributed by atoms with van der Waals surface area (Å²) in [6.45, 7) is -0.559. The van der Waals surface area contributed by atoms with E-state index in [0.29, 0.717) is 40.8 Å². The molecule has 248 valence electrons. The molecule has 47 heavy (non-hydrogen) atoms. The van der Waals surface area contributed by atoms with E-state index in [1.807, 2.05) is 30.3 Å². The molecule has 0 aromatic heterocycles. The minimum absolute atomic E-state index is 0.0292. The number of ether oxygens (including phenoxy) is 9. The van der Waals surface area contributed by atoms with Gasteiger partial charge in [-0.05, 0) is 36.2 Å². The van der Waals surface area contributed by atoms with Gasteiger partial charge in [-0.2, -0.15) is 0 Å². The summed E-state index contributed by atoms with van der Waals surface area (Å²) >= 11 is 0. The topological polar surface area (TPSA) is 179 Å². The predicted molar refractivity (Wildman–Crippen MR) is 160 cm³/mol. The quantitative estimate of drug-likeness (QED) is 0.214. The monoisotopic (exact) mass is 652 g/mol. The maximum atomic E-state index is 13.3. The van der Waals surface area contributed by atoms with Crippen LogP contribution >= 0.6 is 0 Å². The number of methoxy groups -OCH3 is 1.